The van der Waals surface area contributed by atoms with Crippen LogP contribution in [0.5, 0.6) is 11.5 Å². The van der Waals surface area contributed by atoms with E-state index >= 15 is 0 Å². The second kappa shape index (κ2) is 10.2. The van der Waals surface area contributed by atoms with Crippen molar-refractivity contribution in [1.82, 2.24) is 24.7 Å². The van der Waals surface area contributed by atoms with Crippen molar-refractivity contribution < 1.29 is 32.2 Å². The largest absolute Gasteiger partial charge is 0.453 e. The molecule has 220 valence electrons. The highest BCUT2D eigenvalue weighted by atomic mass is 35.5. The molecule has 43 heavy (non-hydrogen) atoms. The first kappa shape index (κ1) is 27.1. The van der Waals surface area contributed by atoms with Gasteiger partial charge in [-0.05, 0) is 25.3 Å². The van der Waals surface area contributed by atoms with E-state index < -0.39 is 29.3 Å². The van der Waals surface area contributed by atoms with Gasteiger partial charge in [0.05, 0.1) is 41.0 Å². The fourth-order valence-corrected chi connectivity index (χ4v) is 5.54. The van der Waals surface area contributed by atoms with Crippen molar-refractivity contribution in [3.05, 3.63) is 70.3 Å². The number of pyridine rings is 1. The van der Waals surface area contributed by atoms with Crippen molar-refractivity contribution in [1.29, 1.82) is 0 Å². The quantitative estimate of drug-likeness (QED) is 0.316. The maximum atomic E-state index is 14.8. The van der Waals surface area contributed by atoms with Gasteiger partial charge in [-0.25, -0.2) is 23.1 Å². The predicted molar refractivity (Wildman–Crippen MR) is 146 cm³/mol. The maximum absolute atomic E-state index is 14.8. The van der Waals surface area contributed by atoms with Gasteiger partial charge in [0.15, 0.2) is 17.4 Å². The van der Waals surface area contributed by atoms with Crippen molar-refractivity contribution in [3.8, 4) is 22.8 Å². The summed E-state index contributed by atoms with van der Waals surface area (Å²) in [5, 5.41) is 6.56. The van der Waals surface area contributed by atoms with Crippen molar-refractivity contribution in [2.45, 2.75) is 26.3 Å². The van der Waals surface area contributed by atoms with Crippen LogP contribution in [0.4, 0.5) is 24.7 Å². The fraction of sp³-hybridized carbons (Fsp3) is 0.286. The average Bonchev–Trinajstić information content (AvgIpc) is 3.25. The van der Waals surface area contributed by atoms with Crippen LogP contribution < -0.4 is 19.7 Å². The van der Waals surface area contributed by atoms with Gasteiger partial charge in [-0.1, -0.05) is 17.7 Å². The Bertz CT molecular complexity index is 1820. The summed E-state index contributed by atoms with van der Waals surface area (Å²) in [5.41, 5.74) is -0.451. The number of fused-ring (bicyclic) bond motifs is 2. The molecule has 1 saturated heterocycles. The number of ether oxygens (including phenoxy) is 2. The maximum Gasteiger partial charge on any atom is 0.276 e. The van der Waals surface area contributed by atoms with Crippen LogP contribution >= 0.6 is 11.6 Å². The molecule has 15 heteroatoms. The van der Waals surface area contributed by atoms with Gasteiger partial charge in [-0.15, -0.1) is 0 Å². The van der Waals surface area contributed by atoms with Crippen LogP contribution in [-0.4, -0.2) is 49.9 Å². The number of hydrogen-bond acceptors (Lipinski definition) is 8. The van der Waals surface area contributed by atoms with E-state index in [0.717, 1.165) is 24.8 Å². The third kappa shape index (κ3) is 4.71. The van der Waals surface area contributed by atoms with Crippen LogP contribution in [0.15, 0.2) is 36.9 Å². The van der Waals surface area contributed by atoms with Gasteiger partial charge in [-0.3, -0.25) is 24.2 Å². The van der Waals surface area contributed by atoms with Gasteiger partial charge in [-0.2, -0.15) is 5.10 Å². The molecule has 2 amide bonds. The summed E-state index contributed by atoms with van der Waals surface area (Å²) >= 11 is 5.83. The van der Waals surface area contributed by atoms with Crippen LogP contribution in [0.2, 0.25) is 5.02 Å². The molecule has 0 spiro atoms. The second-order valence-corrected chi connectivity index (χ2v) is 10.8. The van der Waals surface area contributed by atoms with Gasteiger partial charge in [0.1, 0.15) is 5.69 Å². The van der Waals surface area contributed by atoms with Gasteiger partial charge < -0.3 is 14.8 Å². The van der Waals surface area contributed by atoms with Crippen molar-refractivity contribution in [2.75, 3.05) is 23.6 Å². The summed E-state index contributed by atoms with van der Waals surface area (Å²) in [4.78, 5) is 40.1. The normalized spacial score (nSPS) is 18.4. The first-order valence-electron chi connectivity index (χ1n) is 13.2. The molecule has 2 aliphatic heterocycles. The number of aromatic nitrogens is 5. The van der Waals surface area contributed by atoms with Gasteiger partial charge in [0.25, 0.3) is 12.3 Å². The molecule has 1 aromatic carbocycles. The first-order valence-corrected chi connectivity index (χ1v) is 13.6. The molecule has 3 aromatic heterocycles. The Hall–Kier alpha value is -4.72. The van der Waals surface area contributed by atoms with E-state index in [9.17, 15) is 22.8 Å². The number of carbonyl (C=O) groups is 2. The lowest BCUT2D eigenvalue weighted by atomic mass is 10.0. The lowest BCUT2D eigenvalue weighted by Gasteiger charge is -2.19. The molecular weight excluding hydrogens is 591 g/mol. The van der Waals surface area contributed by atoms with Crippen molar-refractivity contribution in [2.24, 2.45) is 11.8 Å². The Labute approximate surface area is 246 Å². The number of halogens is 4. The summed E-state index contributed by atoms with van der Waals surface area (Å²) in [7, 11) is 0. The minimum absolute atomic E-state index is 0.00628. The number of hydrogen-bond donors (Lipinski definition) is 1. The number of alkyl halides is 2. The molecule has 2 atom stereocenters. The summed E-state index contributed by atoms with van der Waals surface area (Å²) in [6.45, 7) is 2.33. The summed E-state index contributed by atoms with van der Waals surface area (Å²) in [5.74, 6) is 0.0256. The molecule has 1 N–H and O–H groups in total. The predicted octanol–water partition coefficient (Wildman–Crippen LogP) is 4.79. The molecule has 11 nitrogen and oxygen atoms in total. The van der Waals surface area contributed by atoms with Gasteiger partial charge in [0.2, 0.25) is 18.4 Å². The summed E-state index contributed by atoms with van der Waals surface area (Å²) in [6, 6.07) is 2.04. The molecule has 7 rings (SSSR count). The number of carbonyl (C=O) groups excluding carboxylic acids is 2. The minimum Gasteiger partial charge on any atom is -0.453 e. The monoisotopic (exact) mass is 611 g/mol. The number of rotatable bonds is 7. The molecule has 0 bridgehead atoms. The van der Waals surface area contributed by atoms with Crippen LogP contribution in [0.25, 0.3) is 11.3 Å². The molecule has 3 aliphatic rings. The topological polar surface area (TPSA) is 124 Å². The summed E-state index contributed by atoms with van der Waals surface area (Å²) in [6.07, 6.45) is 3.59. The molecule has 0 radical (unpaired) electrons. The Balaban J connectivity index is 1.10. The van der Waals surface area contributed by atoms with E-state index in [1.165, 1.54) is 17.8 Å². The number of nitrogens with zero attached hydrogens (tertiary/aromatic N) is 6. The Morgan fingerprint density at radius 2 is 2.00 bits per heavy atom. The molecular formula is C28H21ClF3N7O4. The number of anilines is 2. The first-order chi connectivity index (χ1) is 20.7. The number of piperidine rings is 1. The molecule has 5 heterocycles. The van der Waals surface area contributed by atoms with Crippen LogP contribution in [-0.2, 0) is 11.3 Å². The lowest BCUT2D eigenvalue weighted by Crippen LogP contribution is -2.29. The van der Waals surface area contributed by atoms with Crippen LogP contribution in [0.1, 0.15) is 40.2 Å². The average molecular weight is 612 g/mol. The molecule has 0 unspecified atom stereocenters. The van der Waals surface area contributed by atoms with E-state index in [-0.39, 0.29) is 47.3 Å². The molecule has 1 saturated carbocycles. The smallest absolute Gasteiger partial charge is 0.276 e. The molecule has 1 aliphatic carbocycles. The minimum atomic E-state index is -3.01. The second-order valence-electron chi connectivity index (χ2n) is 10.4. The zero-order valence-electron chi connectivity index (χ0n) is 22.4. The number of aryl methyl sites for hydroxylation is 1. The Kier molecular flexibility index (Phi) is 6.45. The highest BCUT2D eigenvalue weighted by Crippen LogP contribution is 2.51. The molecule has 2 fully saturated rings. The van der Waals surface area contributed by atoms with Crippen molar-refractivity contribution >= 4 is 34.9 Å². The van der Waals surface area contributed by atoms with Gasteiger partial charge >= 0.3 is 0 Å². The van der Waals surface area contributed by atoms with E-state index in [2.05, 4.69) is 25.4 Å². The highest BCUT2D eigenvalue weighted by molar-refractivity contribution is 6.31. The lowest BCUT2D eigenvalue weighted by molar-refractivity contribution is -0.118. The van der Waals surface area contributed by atoms with Crippen molar-refractivity contribution in [3.63, 3.8) is 0 Å². The third-order valence-electron chi connectivity index (χ3n) is 7.64. The highest BCUT2D eigenvalue weighted by Gasteiger charge is 2.53. The van der Waals surface area contributed by atoms with E-state index in [0.29, 0.717) is 41.0 Å². The summed E-state index contributed by atoms with van der Waals surface area (Å²) < 4.78 is 54.9. The van der Waals surface area contributed by atoms with Crippen LogP contribution in [0, 0.1) is 24.6 Å². The van der Waals surface area contributed by atoms with E-state index in [1.54, 1.807) is 17.3 Å². The zero-order chi connectivity index (χ0) is 30.0. The number of nitrogens with one attached hydrogen (secondary N) is 1. The van der Waals surface area contributed by atoms with Gasteiger partial charge in [0, 0.05) is 41.5 Å². The molecule has 4 aromatic rings. The fourth-order valence-electron chi connectivity index (χ4n) is 5.38. The van der Waals surface area contributed by atoms with E-state index in [4.69, 9.17) is 21.1 Å². The number of amides is 2. The Morgan fingerprint density at radius 1 is 1.19 bits per heavy atom. The van der Waals surface area contributed by atoms with Crippen LogP contribution in [0.3, 0.4) is 0 Å². The SMILES string of the molecule is Cc1ncc(-c2c(C(F)F)ccc(Cl)c2F)nc1C(=O)Nc1cnn(Cc2cnc(N3C[C@H]4C[C@H]4C3=O)c3c2OCO3)c1. The number of benzene rings is 1. The Morgan fingerprint density at radius 3 is 2.77 bits per heavy atom. The zero-order valence-corrected chi connectivity index (χ0v) is 23.1. The third-order valence-corrected chi connectivity index (χ3v) is 7.93. The standard InChI is InChI=1S/C28H21ClF3N7O4/c1-12-22(37-19(7-33-12)20-16(25(31)32)2-3-18(29)21(20)30)27(40)36-15-6-35-38(10-15)8-14-5-34-26(24-23(14)42-11-43-24)39-9-13-4-17(13)28(39)41/h2-3,5-7,10,13,17,25H,4,8-9,11H2,1H3,(H,36,40)/t13-,17-/m1/s1. The van der Waals surface area contributed by atoms with E-state index in [1.807, 2.05) is 0 Å².